The molecule has 3 heterocycles. The smallest absolute Gasteiger partial charge is 0.177 e. The van der Waals surface area contributed by atoms with Crippen molar-refractivity contribution in [3.8, 4) is 0 Å². The number of benzene rings is 1. The summed E-state index contributed by atoms with van der Waals surface area (Å²) < 4.78 is 2.18. The molecule has 1 fully saturated rings. The third-order valence-electron chi connectivity index (χ3n) is 5.58. The Bertz CT molecular complexity index is 888. The summed E-state index contributed by atoms with van der Waals surface area (Å²) in [6, 6.07) is 10.9. The molecule has 1 aliphatic rings. The zero-order valence-corrected chi connectivity index (χ0v) is 15.4. The second kappa shape index (κ2) is 6.60. The second-order valence-corrected chi connectivity index (χ2v) is 7.34. The highest BCUT2D eigenvalue weighted by Gasteiger charge is 2.23. The summed E-state index contributed by atoms with van der Waals surface area (Å²) in [5.74, 6) is 1.80. The summed E-state index contributed by atoms with van der Waals surface area (Å²) in [5.41, 5.74) is 6.32. The largest absolute Gasteiger partial charge is 0.329 e. The molecular weight excluding hydrogens is 308 g/mol. The predicted molar refractivity (Wildman–Crippen MR) is 102 cm³/mol. The molecule has 1 saturated heterocycles. The van der Waals surface area contributed by atoms with Gasteiger partial charge in [-0.2, -0.15) is 0 Å². The van der Waals surface area contributed by atoms with Crippen LogP contribution < -0.4 is 0 Å². The third kappa shape index (κ3) is 3.19. The van der Waals surface area contributed by atoms with Crippen LogP contribution in [0.1, 0.15) is 41.3 Å². The molecule has 0 saturated carbocycles. The lowest BCUT2D eigenvalue weighted by molar-refractivity contribution is 0.198. The van der Waals surface area contributed by atoms with E-state index in [-0.39, 0.29) is 0 Å². The van der Waals surface area contributed by atoms with E-state index in [9.17, 15) is 0 Å². The molecule has 4 rings (SSSR count). The van der Waals surface area contributed by atoms with Crippen LogP contribution in [0, 0.1) is 13.8 Å². The number of likely N-dealkylation sites (tertiary alicyclic amines) is 1. The SMILES string of the molecule is Cc1ccc(C)c(C2CCN(Cc3nc4ncccc4n3C)CC2)c1. The van der Waals surface area contributed by atoms with E-state index in [2.05, 4.69) is 59.6 Å². The highest BCUT2D eigenvalue weighted by atomic mass is 15.2. The summed E-state index contributed by atoms with van der Waals surface area (Å²) in [6.45, 7) is 7.61. The van der Waals surface area contributed by atoms with Gasteiger partial charge in [-0.15, -0.1) is 0 Å². The molecule has 25 heavy (non-hydrogen) atoms. The van der Waals surface area contributed by atoms with Gasteiger partial charge in [0.15, 0.2) is 5.65 Å². The van der Waals surface area contributed by atoms with Crippen molar-refractivity contribution in [1.82, 2.24) is 19.4 Å². The standard InChI is InChI=1S/C21H26N4/c1-15-6-7-16(2)18(13-15)17-8-11-25(12-9-17)14-20-23-21-19(24(20)3)5-4-10-22-21/h4-7,10,13,17H,8-9,11-12,14H2,1-3H3. The van der Waals surface area contributed by atoms with Gasteiger partial charge in [-0.3, -0.25) is 4.90 Å². The number of fused-ring (bicyclic) bond motifs is 1. The molecule has 0 N–H and O–H groups in total. The van der Waals surface area contributed by atoms with E-state index in [4.69, 9.17) is 4.98 Å². The maximum absolute atomic E-state index is 4.72. The first-order valence-corrected chi connectivity index (χ1v) is 9.17. The van der Waals surface area contributed by atoms with Crippen molar-refractivity contribution >= 4 is 11.2 Å². The van der Waals surface area contributed by atoms with Gasteiger partial charge in [0.05, 0.1) is 12.1 Å². The van der Waals surface area contributed by atoms with Crippen molar-refractivity contribution in [2.45, 2.75) is 39.2 Å². The predicted octanol–water partition coefficient (Wildman–Crippen LogP) is 3.96. The molecule has 1 aliphatic heterocycles. The fraction of sp³-hybridized carbons (Fsp3) is 0.429. The third-order valence-corrected chi connectivity index (χ3v) is 5.58. The first kappa shape index (κ1) is 16.3. The number of aromatic nitrogens is 3. The summed E-state index contributed by atoms with van der Waals surface area (Å²) >= 11 is 0. The maximum atomic E-state index is 4.72. The number of pyridine rings is 1. The summed E-state index contributed by atoms with van der Waals surface area (Å²) in [5, 5.41) is 0. The van der Waals surface area contributed by atoms with Gasteiger partial charge < -0.3 is 4.57 Å². The van der Waals surface area contributed by atoms with E-state index in [0.717, 1.165) is 36.6 Å². The first-order valence-electron chi connectivity index (χ1n) is 9.17. The lowest BCUT2D eigenvalue weighted by atomic mass is 9.86. The molecule has 4 heteroatoms. The van der Waals surface area contributed by atoms with Crippen molar-refractivity contribution in [1.29, 1.82) is 0 Å². The number of aryl methyl sites for hydroxylation is 3. The molecule has 0 bridgehead atoms. The van der Waals surface area contributed by atoms with Crippen LogP contribution >= 0.6 is 0 Å². The Kier molecular flexibility index (Phi) is 4.30. The van der Waals surface area contributed by atoms with Crippen LogP contribution in [0.3, 0.4) is 0 Å². The zero-order valence-electron chi connectivity index (χ0n) is 15.4. The summed E-state index contributed by atoms with van der Waals surface area (Å²) in [6.07, 6.45) is 4.27. The normalized spacial score (nSPS) is 16.6. The average Bonchev–Trinajstić information content (AvgIpc) is 2.94. The Balaban J connectivity index is 1.45. The van der Waals surface area contributed by atoms with E-state index in [1.165, 1.54) is 24.0 Å². The van der Waals surface area contributed by atoms with E-state index >= 15 is 0 Å². The molecule has 1 aromatic carbocycles. The maximum Gasteiger partial charge on any atom is 0.177 e. The van der Waals surface area contributed by atoms with Crippen LogP contribution in [-0.2, 0) is 13.6 Å². The molecule has 0 aliphatic carbocycles. The van der Waals surface area contributed by atoms with Crippen LogP contribution in [0.4, 0.5) is 0 Å². The Hall–Kier alpha value is -2.20. The molecule has 130 valence electrons. The Morgan fingerprint density at radius 2 is 1.92 bits per heavy atom. The van der Waals surface area contributed by atoms with Gasteiger partial charge in [0, 0.05) is 13.2 Å². The molecule has 0 unspecified atom stereocenters. The second-order valence-electron chi connectivity index (χ2n) is 7.34. The first-order chi connectivity index (χ1) is 12.1. The fourth-order valence-corrected chi connectivity index (χ4v) is 4.02. The number of rotatable bonds is 3. The number of imidazole rings is 1. The van der Waals surface area contributed by atoms with Crippen LogP contribution in [0.5, 0.6) is 0 Å². The Labute approximate surface area is 149 Å². The van der Waals surface area contributed by atoms with Gasteiger partial charge in [0.1, 0.15) is 5.82 Å². The average molecular weight is 334 g/mol. The van der Waals surface area contributed by atoms with Crippen molar-refractivity contribution in [2.24, 2.45) is 7.05 Å². The summed E-state index contributed by atoms with van der Waals surface area (Å²) in [4.78, 5) is 11.6. The van der Waals surface area contributed by atoms with E-state index in [1.807, 2.05) is 12.3 Å². The van der Waals surface area contributed by atoms with E-state index < -0.39 is 0 Å². The van der Waals surface area contributed by atoms with E-state index in [0.29, 0.717) is 5.92 Å². The van der Waals surface area contributed by atoms with Crippen LogP contribution in [0.25, 0.3) is 11.2 Å². The van der Waals surface area contributed by atoms with Crippen molar-refractivity contribution < 1.29 is 0 Å². The molecular formula is C21H26N4. The monoisotopic (exact) mass is 334 g/mol. The molecule has 3 aromatic rings. The minimum absolute atomic E-state index is 0.693. The Morgan fingerprint density at radius 3 is 2.68 bits per heavy atom. The topological polar surface area (TPSA) is 34.0 Å². The van der Waals surface area contributed by atoms with Crippen LogP contribution in [0.15, 0.2) is 36.5 Å². The van der Waals surface area contributed by atoms with Crippen LogP contribution in [0.2, 0.25) is 0 Å². The van der Waals surface area contributed by atoms with E-state index in [1.54, 1.807) is 5.56 Å². The lowest BCUT2D eigenvalue weighted by Gasteiger charge is -2.32. The van der Waals surface area contributed by atoms with Crippen LogP contribution in [-0.4, -0.2) is 32.5 Å². The quantitative estimate of drug-likeness (QED) is 0.727. The fourth-order valence-electron chi connectivity index (χ4n) is 4.02. The van der Waals surface area contributed by atoms with Crippen molar-refractivity contribution in [3.05, 3.63) is 59.0 Å². The zero-order chi connectivity index (χ0) is 17.4. The number of hydrogen-bond acceptors (Lipinski definition) is 3. The number of piperidine rings is 1. The molecule has 0 amide bonds. The number of nitrogens with zero attached hydrogens (tertiary/aromatic N) is 4. The molecule has 2 aromatic heterocycles. The molecule has 0 atom stereocenters. The highest BCUT2D eigenvalue weighted by molar-refractivity contribution is 5.71. The number of hydrogen-bond donors (Lipinski definition) is 0. The minimum Gasteiger partial charge on any atom is -0.329 e. The van der Waals surface area contributed by atoms with Gasteiger partial charge in [-0.25, -0.2) is 9.97 Å². The molecule has 0 spiro atoms. The van der Waals surface area contributed by atoms with Gasteiger partial charge >= 0.3 is 0 Å². The van der Waals surface area contributed by atoms with Crippen molar-refractivity contribution in [2.75, 3.05) is 13.1 Å². The van der Waals surface area contributed by atoms with Gasteiger partial charge in [-0.05, 0) is 69.0 Å². The van der Waals surface area contributed by atoms with Gasteiger partial charge in [0.2, 0.25) is 0 Å². The van der Waals surface area contributed by atoms with Crippen molar-refractivity contribution in [3.63, 3.8) is 0 Å². The molecule has 4 nitrogen and oxygen atoms in total. The molecule has 0 radical (unpaired) electrons. The highest BCUT2D eigenvalue weighted by Crippen LogP contribution is 2.31. The lowest BCUT2D eigenvalue weighted by Crippen LogP contribution is -2.33. The van der Waals surface area contributed by atoms with Gasteiger partial charge in [0.25, 0.3) is 0 Å². The summed E-state index contributed by atoms with van der Waals surface area (Å²) in [7, 11) is 2.09. The van der Waals surface area contributed by atoms with Gasteiger partial charge in [-0.1, -0.05) is 23.8 Å². The minimum atomic E-state index is 0.693. The Morgan fingerprint density at radius 1 is 1.12 bits per heavy atom.